The van der Waals surface area contributed by atoms with Gasteiger partial charge < -0.3 is 15.8 Å². The summed E-state index contributed by atoms with van der Waals surface area (Å²) in [6, 6.07) is 6.91. The van der Waals surface area contributed by atoms with Crippen LogP contribution in [0.15, 0.2) is 24.3 Å². The summed E-state index contributed by atoms with van der Waals surface area (Å²) in [5, 5.41) is 3.02. The fraction of sp³-hybridized carbons (Fsp3) is 0.357. The van der Waals surface area contributed by atoms with Gasteiger partial charge in [-0.3, -0.25) is 0 Å². The topological polar surface area (TPSA) is 90.1 Å². The van der Waals surface area contributed by atoms with E-state index in [1.807, 2.05) is 38.1 Å². The van der Waals surface area contributed by atoms with Crippen molar-refractivity contribution in [2.24, 2.45) is 5.92 Å². The zero-order chi connectivity index (χ0) is 14.7. The summed E-state index contributed by atoms with van der Waals surface area (Å²) in [5.74, 6) is 0.343. The number of hydrogen-bond donors (Lipinski definition) is 2. The highest BCUT2D eigenvalue weighted by molar-refractivity contribution is 5.83. The molecule has 20 heavy (non-hydrogen) atoms. The van der Waals surface area contributed by atoms with Crippen LogP contribution in [0.5, 0.6) is 0 Å². The van der Waals surface area contributed by atoms with Crippen molar-refractivity contribution in [3.05, 3.63) is 24.3 Å². The van der Waals surface area contributed by atoms with Crippen molar-refractivity contribution in [1.82, 2.24) is 9.97 Å². The minimum absolute atomic E-state index is 0.0371. The Balaban J connectivity index is 2.36. The summed E-state index contributed by atoms with van der Waals surface area (Å²) < 4.78 is 4.78. The second-order valence-electron chi connectivity index (χ2n) is 4.84. The van der Waals surface area contributed by atoms with E-state index < -0.39 is 6.04 Å². The van der Waals surface area contributed by atoms with Gasteiger partial charge in [-0.2, -0.15) is 0 Å². The predicted molar refractivity (Wildman–Crippen MR) is 78.2 cm³/mol. The first-order valence-corrected chi connectivity index (χ1v) is 6.39. The minimum Gasteiger partial charge on any atom is -0.467 e. The van der Waals surface area contributed by atoms with Gasteiger partial charge in [-0.05, 0) is 18.1 Å². The van der Waals surface area contributed by atoms with Crippen LogP contribution in [0.3, 0.4) is 0 Å². The third-order valence-corrected chi connectivity index (χ3v) is 3.01. The molecule has 0 aliphatic heterocycles. The number of benzene rings is 1. The van der Waals surface area contributed by atoms with Crippen LogP contribution in [0.1, 0.15) is 13.8 Å². The first-order valence-electron chi connectivity index (χ1n) is 6.39. The highest BCUT2D eigenvalue weighted by atomic mass is 16.5. The number of carbonyl (C=O) groups excluding carboxylic acids is 1. The van der Waals surface area contributed by atoms with Gasteiger partial charge in [0, 0.05) is 0 Å². The molecule has 2 rings (SSSR count). The number of ether oxygens (including phenoxy) is 1. The molecule has 1 heterocycles. The predicted octanol–water partition coefficient (Wildman–Crippen LogP) is 1.82. The molecule has 1 unspecified atom stereocenters. The Morgan fingerprint density at radius 3 is 2.40 bits per heavy atom. The van der Waals surface area contributed by atoms with Crippen LogP contribution >= 0.6 is 0 Å². The summed E-state index contributed by atoms with van der Waals surface area (Å²) in [4.78, 5) is 20.4. The number of fused-ring (bicyclic) bond motifs is 1. The lowest BCUT2D eigenvalue weighted by molar-refractivity contribution is -0.142. The van der Waals surface area contributed by atoms with Crippen molar-refractivity contribution in [1.29, 1.82) is 0 Å². The fourth-order valence-corrected chi connectivity index (χ4v) is 1.89. The summed E-state index contributed by atoms with van der Waals surface area (Å²) >= 11 is 0. The SMILES string of the molecule is COC(=O)C(Nc1nc2ccccc2nc1N)C(C)C. The van der Waals surface area contributed by atoms with Crippen molar-refractivity contribution in [3.63, 3.8) is 0 Å². The molecular formula is C14H18N4O2. The normalized spacial score (nSPS) is 12.4. The molecule has 0 fully saturated rings. The Bertz CT molecular complexity index is 628. The van der Waals surface area contributed by atoms with Gasteiger partial charge >= 0.3 is 5.97 Å². The zero-order valence-corrected chi connectivity index (χ0v) is 11.8. The number of esters is 1. The van der Waals surface area contributed by atoms with Crippen LogP contribution in [0.25, 0.3) is 11.0 Å². The van der Waals surface area contributed by atoms with Crippen molar-refractivity contribution < 1.29 is 9.53 Å². The van der Waals surface area contributed by atoms with Gasteiger partial charge in [0.2, 0.25) is 0 Å². The van der Waals surface area contributed by atoms with Crippen molar-refractivity contribution in [3.8, 4) is 0 Å². The standard InChI is InChI=1S/C14H18N4O2/c1-8(2)11(14(19)20-3)18-13-12(15)16-9-6-4-5-7-10(9)17-13/h4-8,11H,1-3H3,(H2,15,16)(H,17,18). The number of methoxy groups -OCH3 is 1. The van der Waals surface area contributed by atoms with Crippen LogP contribution in [0.4, 0.5) is 11.6 Å². The third kappa shape index (κ3) is 2.79. The van der Waals surface area contributed by atoms with Crippen molar-refractivity contribution >= 4 is 28.6 Å². The third-order valence-electron chi connectivity index (χ3n) is 3.01. The molecule has 6 nitrogen and oxygen atoms in total. The summed E-state index contributed by atoms with van der Waals surface area (Å²) in [6.45, 7) is 3.83. The van der Waals surface area contributed by atoms with Crippen LogP contribution in [-0.2, 0) is 9.53 Å². The number of carbonyl (C=O) groups is 1. The molecule has 1 aromatic carbocycles. The number of para-hydroxylation sites is 2. The minimum atomic E-state index is -0.516. The Morgan fingerprint density at radius 1 is 1.25 bits per heavy atom. The van der Waals surface area contributed by atoms with Gasteiger partial charge in [0.05, 0.1) is 18.1 Å². The summed E-state index contributed by atoms with van der Waals surface area (Å²) in [6.07, 6.45) is 0. The van der Waals surface area contributed by atoms with E-state index in [0.717, 1.165) is 11.0 Å². The molecule has 0 spiro atoms. The van der Waals surface area contributed by atoms with Crippen LogP contribution in [0, 0.1) is 5.92 Å². The van der Waals surface area contributed by atoms with Gasteiger partial charge in [-0.15, -0.1) is 0 Å². The Hall–Kier alpha value is -2.37. The molecule has 0 radical (unpaired) electrons. The van der Waals surface area contributed by atoms with Crippen molar-refractivity contribution in [2.75, 3.05) is 18.2 Å². The molecule has 0 bridgehead atoms. The molecule has 1 aromatic heterocycles. The quantitative estimate of drug-likeness (QED) is 0.826. The van der Waals surface area contributed by atoms with E-state index in [-0.39, 0.29) is 17.7 Å². The molecule has 0 amide bonds. The van der Waals surface area contributed by atoms with Crippen LogP contribution in [-0.4, -0.2) is 29.1 Å². The van der Waals surface area contributed by atoms with Gasteiger partial charge in [0.1, 0.15) is 6.04 Å². The lowest BCUT2D eigenvalue weighted by Crippen LogP contribution is -2.36. The number of nitrogen functional groups attached to an aromatic ring is 1. The molecule has 3 N–H and O–H groups in total. The Labute approximate surface area is 117 Å². The number of anilines is 2. The monoisotopic (exact) mass is 274 g/mol. The number of hydrogen-bond acceptors (Lipinski definition) is 6. The average Bonchev–Trinajstić information content (AvgIpc) is 2.43. The molecule has 0 aliphatic rings. The second-order valence-corrected chi connectivity index (χ2v) is 4.84. The fourth-order valence-electron chi connectivity index (χ4n) is 1.89. The van der Waals surface area contributed by atoms with E-state index in [4.69, 9.17) is 10.5 Å². The zero-order valence-electron chi connectivity index (χ0n) is 11.8. The second kappa shape index (κ2) is 5.73. The number of rotatable bonds is 4. The van der Waals surface area contributed by atoms with Gasteiger partial charge in [0.25, 0.3) is 0 Å². The van der Waals surface area contributed by atoms with Crippen molar-refractivity contribution in [2.45, 2.75) is 19.9 Å². The van der Waals surface area contributed by atoms with E-state index in [1.54, 1.807) is 0 Å². The number of nitrogens with one attached hydrogen (secondary N) is 1. The van der Waals surface area contributed by atoms with E-state index in [9.17, 15) is 4.79 Å². The molecule has 106 valence electrons. The maximum atomic E-state index is 11.8. The summed E-state index contributed by atoms with van der Waals surface area (Å²) in [7, 11) is 1.36. The Kier molecular flexibility index (Phi) is 4.02. The molecule has 1 atom stereocenters. The largest absolute Gasteiger partial charge is 0.467 e. The van der Waals surface area contributed by atoms with E-state index in [0.29, 0.717) is 5.82 Å². The average molecular weight is 274 g/mol. The molecule has 0 saturated carbocycles. The molecule has 6 heteroatoms. The molecule has 2 aromatic rings. The van der Waals surface area contributed by atoms with E-state index in [2.05, 4.69) is 15.3 Å². The van der Waals surface area contributed by atoms with Gasteiger partial charge in [-0.25, -0.2) is 14.8 Å². The van der Waals surface area contributed by atoms with E-state index in [1.165, 1.54) is 7.11 Å². The molecule has 0 aliphatic carbocycles. The first-order chi connectivity index (χ1) is 9.52. The lowest BCUT2D eigenvalue weighted by atomic mass is 10.0. The number of aromatic nitrogens is 2. The van der Waals surface area contributed by atoms with Crippen LogP contribution in [0.2, 0.25) is 0 Å². The smallest absolute Gasteiger partial charge is 0.328 e. The van der Waals surface area contributed by atoms with Gasteiger partial charge in [-0.1, -0.05) is 26.0 Å². The summed E-state index contributed by atoms with van der Waals surface area (Å²) in [5.41, 5.74) is 7.32. The Morgan fingerprint density at radius 2 is 1.85 bits per heavy atom. The number of nitrogens with two attached hydrogens (primary N) is 1. The van der Waals surface area contributed by atoms with Crippen LogP contribution < -0.4 is 11.1 Å². The lowest BCUT2D eigenvalue weighted by Gasteiger charge is -2.21. The highest BCUT2D eigenvalue weighted by Crippen LogP contribution is 2.20. The van der Waals surface area contributed by atoms with E-state index >= 15 is 0 Å². The molecular weight excluding hydrogens is 256 g/mol. The van der Waals surface area contributed by atoms with Gasteiger partial charge in [0.15, 0.2) is 11.6 Å². The maximum absolute atomic E-state index is 11.8. The maximum Gasteiger partial charge on any atom is 0.328 e. The highest BCUT2D eigenvalue weighted by Gasteiger charge is 2.24. The number of nitrogens with zero attached hydrogens (tertiary/aromatic N) is 2. The first kappa shape index (κ1) is 14.0. The molecule has 0 saturated heterocycles.